The van der Waals surface area contributed by atoms with Crippen molar-refractivity contribution in [2.75, 3.05) is 13.1 Å². The van der Waals surface area contributed by atoms with E-state index >= 15 is 0 Å². The topological polar surface area (TPSA) is 78.9 Å². The van der Waals surface area contributed by atoms with Crippen LogP contribution in [0.4, 0.5) is 4.39 Å². The van der Waals surface area contributed by atoms with Crippen LogP contribution >= 0.6 is 11.6 Å². The molecule has 0 aromatic heterocycles. The summed E-state index contributed by atoms with van der Waals surface area (Å²) in [6, 6.07) is 3.69. The second-order valence-electron chi connectivity index (χ2n) is 3.54. The molecular formula is C11H13ClFN3O2. The zero-order chi connectivity index (χ0) is 13.7. The lowest BCUT2D eigenvalue weighted by Gasteiger charge is -2.20. The van der Waals surface area contributed by atoms with Crippen molar-refractivity contribution in [3.8, 4) is 0 Å². The molecule has 1 rings (SSSR count). The molecule has 0 aliphatic carbocycles. The van der Waals surface area contributed by atoms with Crippen LogP contribution in [0.3, 0.4) is 0 Å². The van der Waals surface area contributed by atoms with E-state index in [9.17, 15) is 9.18 Å². The molecule has 0 atom stereocenters. The molecule has 0 heterocycles. The first-order valence-electron chi connectivity index (χ1n) is 5.20. The smallest absolute Gasteiger partial charge is 0.254 e. The number of amides is 1. The molecule has 0 bridgehead atoms. The summed E-state index contributed by atoms with van der Waals surface area (Å²) in [6.45, 7) is 2.10. The number of amidine groups is 1. The molecule has 0 saturated carbocycles. The number of hydrogen-bond acceptors (Lipinski definition) is 3. The lowest BCUT2D eigenvalue weighted by Crippen LogP contribution is -2.38. The van der Waals surface area contributed by atoms with Crippen LogP contribution in [-0.4, -0.2) is 34.9 Å². The maximum atomic E-state index is 13.0. The summed E-state index contributed by atoms with van der Waals surface area (Å²) in [4.78, 5) is 13.4. The van der Waals surface area contributed by atoms with Gasteiger partial charge in [0.2, 0.25) is 0 Å². The molecule has 0 radical (unpaired) electrons. The lowest BCUT2D eigenvalue weighted by molar-refractivity contribution is 0.0786. The average Bonchev–Trinajstić information content (AvgIpc) is 2.38. The third kappa shape index (κ3) is 3.33. The van der Waals surface area contributed by atoms with Gasteiger partial charge in [-0.3, -0.25) is 4.79 Å². The highest BCUT2D eigenvalue weighted by Gasteiger charge is 2.16. The second kappa shape index (κ2) is 6.20. The number of rotatable bonds is 4. The Labute approximate surface area is 109 Å². The van der Waals surface area contributed by atoms with E-state index in [2.05, 4.69) is 5.16 Å². The van der Waals surface area contributed by atoms with Gasteiger partial charge in [0.25, 0.3) is 5.91 Å². The fourth-order valence-corrected chi connectivity index (χ4v) is 1.55. The van der Waals surface area contributed by atoms with E-state index in [1.165, 1.54) is 17.0 Å². The SMILES string of the molecule is CCN(C/C(N)=N/O)C(=O)c1ccc(F)c(Cl)c1. The third-order valence-electron chi connectivity index (χ3n) is 2.32. The predicted molar refractivity (Wildman–Crippen MR) is 66.4 cm³/mol. The van der Waals surface area contributed by atoms with Crippen molar-refractivity contribution >= 4 is 23.3 Å². The summed E-state index contributed by atoms with van der Waals surface area (Å²) in [5.74, 6) is -1.04. The normalized spacial score (nSPS) is 11.4. The van der Waals surface area contributed by atoms with E-state index in [-0.39, 0.29) is 28.9 Å². The van der Waals surface area contributed by atoms with Crippen LogP contribution in [0.5, 0.6) is 0 Å². The number of nitrogens with zero attached hydrogens (tertiary/aromatic N) is 2. The predicted octanol–water partition coefficient (Wildman–Crippen LogP) is 1.69. The van der Waals surface area contributed by atoms with Crippen LogP contribution in [0.1, 0.15) is 17.3 Å². The number of likely N-dealkylation sites (N-methyl/N-ethyl adjacent to an activating group) is 1. The maximum Gasteiger partial charge on any atom is 0.254 e. The van der Waals surface area contributed by atoms with Gasteiger partial charge in [0.05, 0.1) is 11.6 Å². The van der Waals surface area contributed by atoms with E-state index in [0.29, 0.717) is 6.54 Å². The van der Waals surface area contributed by atoms with Crippen molar-refractivity contribution in [2.24, 2.45) is 10.9 Å². The minimum atomic E-state index is -0.590. The van der Waals surface area contributed by atoms with Gasteiger partial charge < -0.3 is 15.8 Å². The van der Waals surface area contributed by atoms with Gasteiger partial charge in [-0.05, 0) is 25.1 Å². The summed E-state index contributed by atoms with van der Waals surface area (Å²) in [6.07, 6.45) is 0. The number of nitrogens with two attached hydrogens (primary N) is 1. The van der Waals surface area contributed by atoms with Crippen LogP contribution in [0.15, 0.2) is 23.4 Å². The monoisotopic (exact) mass is 273 g/mol. The highest BCUT2D eigenvalue weighted by Crippen LogP contribution is 2.17. The summed E-state index contributed by atoms with van der Waals surface area (Å²) in [5.41, 5.74) is 5.58. The zero-order valence-electron chi connectivity index (χ0n) is 9.73. The van der Waals surface area contributed by atoms with Crippen LogP contribution in [0.25, 0.3) is 0 Å². The van der Waals surface area contributed by atoms with E-state index in [1.54, 1.807) is 6.92 Å². The van der Waals surface area contributed by atoms with Crippen molar-refractivity contribution in [1.29, 1.82) is 0 Å². The van der Waals surface area contributed by atoms with Gasteiger partial charge in [-0.25, -0.2) is 4.39 Å². The standard InChI is InChI=1S/C11H13ClFN3O2/c1-2-16(6-10(14)15-18)11(17)7-3-4-9(13)8(12)5-7/h3-5,18H,2,6H2,1H3,(H2,14,15). The minimum Gasteiger partial charge on any atom is -0.409 e. The first-order valence-corrected chi connectivity index (χ1v) is 5.58. The largest absolute Gasteiger partial charge is 0.409 e. The van der Waals surface area contributed by atoms with Gasteiger partial charge in [0, 0.05) is 12.1 Å². The molecule has 1 amide bonds. The number of halogens is 2. The van der Waals surface area contributed by atoms with Gasteiger partial charge in [-0.2, -0.15) is 0 Å². The Morgan fingerprint density at radius 1 is 1.61 bits per heavy atom. The average molecular weight is 274 g/mol. The lowest BCUT2D eigenvalue weighted by atomic mass is 10.2. The molecule has 0 spiro atoms. The summed E-state index contributed by atoms with van der Waals surface area (Å²) in [5, 5.41) is 11.1. The van der Waals surface area contributed by atoms with Gasteiger partial charge >= 0.3 is 0 Å². The Bertz CT molecular complexity index is 479. The van der Waals surface area contributed by atoms with Gasteiger partial charge in [-0.1, -0.05) is 16.8 Å². The molecule has 7 heteroatoms. The number of benzene rings is 1. The van der Waals surface area contributed by atoms with Crippen LogP contribution in [-0.2, 0) is 0 Å². The van der Waals surface area contributed by atoms with Gasteiger partial charge in [-0.15, -0.1) is 0 Å². The van der Waals surface area contributed by atoms with E-state index in [1.807, 2.05) is 0 Å². The first kappa shape index (κ1) is 14.2. The van der Waals surface area contributed by atoms with Crippen LogP contribution < -0.4 is 5.73 Å². The van der Waals surface area contributed by atoms with Crippen molar-refractivity contribution in [1.82, 2.24) is 4.90 Å². The van der Waals surface area contributed by atoms with E-state index in [0.717, 1.165) is 6.07 Å². The second-order valence-corrected chi connectivity index (χ2v) is 3.95. The van der Waals surface area contributed by atoms with Crippen LogP contribution in [0, 0.1) is 5.82 Å². The molecule has 1 aromatic carbocycles. The van der Waals surface area contributed by atoms with Gasteiger partial charge in [0.15, 0.2) is 5.84 Å². The summed E-state index contributed by atoms with van der Waals surface area (Å²) >= 11 is 5.60. The summed E-state index contributed by atoms with van der Waals surface area (Å²) < 4.78 is 13.0. The highest BCUT2D eigenvalue weighted by atomic mass is 35.5. The number of hydrogen-bond donors (Lipinski definition) is 2. The fraction of sp³-hybridized carbons (Fsp3) is 0.273. The maximum absolute atomic E-state index is 13.0. The fourth-order valence-electron chi connectivity index (χ4n) is 1.37. The van der Waals surface area contributed by atoms with E-state index < -0.39 is 5.82 Å². The number of oxime groups is 1. The molecule has 5 nitrogen and oxygen atoms in total. The number of carbonyl (C=O) groups excluding carboxylic acids is 1. The van der Waals surface area contributed by atoms with Crippen molar-refractivity contribution in [3.05, 3.63) is 34.6 Å². The van der Waals surface area contributed by atoms with Crippen molar-refractivity contribution < 1.29 is 14.4 Å². The van der Waals surface area contributed by atoms with Crippen LogP contribution in [0.2, 0.25) is 5.02 Å². The minimum absolute atomic E-state index is 0.0131. The molecule has 3 N–H and O–H groups in total. The van der Waals surface area contributed by atoms with Gasteiger partial charge in [0.1, 0.15) is 5.82 Å². The third-order valence-corrected chi connectivity index (χ3v) is 2.61. The molecule has 1 aromatic rings. The Balaban J connectivity index is 2.93. The molecule has 98 valence electrons. The highest BCUT2D eigenvalue weighted by molar-refractivity contribution is 6.31. The van der Waals surface area contributed by atoms with Crippen molar-refractivity contribution in [3.63, 3.8) is 0 Å². The Kier molecular flexibility index (Phi) is 4.91. The molecule has 18 heavy (non-hydrogen) atoms. The quantitative estimate of drug-likeness (QED) is 0.379. The number of carbonyl (C=O) groups is 1. The van der Waals surface area contributed by atoms with E-state index in [4.69, 9.17) is 22.5 Å². The Morgan fingerprint density at radius 3 is 2.78 bits per heavy atom. The molecule has 0 unspecified atom stereocenters. The molecule has 0 aliphatic rings. The molecule has 0 saturated heterocycles. The Hall–Kier alpha value is -1.82. The zero-order valence-corrected chi connectivity index (χ0v) is 10.5. The van der Waals surface area contributed by atoms with Crippen molar-refractivity contribution in [2.45, 2.75) is 6.92 Å². The molecule has 0 fully saturated rings. The summed E-state index contributed by atoms with van der Waals surface area (Å²) in [7, 11) is 0. The first-order chi connectivity index (χ1) is 8.49. The molecule has 0 aliphatic heterocycles. The molecular weight excluding hydrogens is 261 g/mol. The Morgan fingerprint density at radius 2 is 2.28 bits per heavy atom.